The average Bonchev–Trinajstić information content (AvgIpc) is 2.74. The first-order valence-corrected chi connectivity index (χ1v) is 7.67. The van der Waals surface area contributed by atoms with Crippen LogP contribution in [-0.2, 0) is 12.4 Å². The predicted molar refractivity (Wildman–Crippen MR) is 82.7 cm³/mol. The van der Waals surface area contributed by atoms with Gasteiger partial charge in [0.05, 0.1) is 16.9 Å². The summed E-state index contributed by atoms with van der Waals surface area (Å²) in [5.74, 6) is 2.27. The van der Waals surface area contributed by atoms with Crippen LogP contribution in [0, 0.1) is 12.8 Å². The van der Waals surface area contributed by atoms with Crippen molar-refractivity contribution in [1.82, 2.24) is 9.55 Å². The topological polar surface area (TPSA) is 17.8 Å². The van der Waals surface area contributed by atoms with Gasteiger partial charge in [-0.15, -0.1) is 11.6 Å². The number of hydrogen-bond donors (Lipinski definition) is 0. The summed E-state index contributed by atoms with van der Waals surface area (Å²) in [7, 11) is 0. The molecule has 0 spiro atoms. The largest absolute Gasteiger partial charge is 0.327 e. The second kappa shape index (κ2) is 6.42. The van der Waals surface area contributed by atoms with Crippen molar-refractivity contribution in [2.24, 2.45) is 5.92 Å². The van der Waals surface area contributed by atoms with Gasteiger partial charge in [0.1, 0.15) is 5.82 Å². The summed E-state index contributed by atoms with van der Waals surface area (Å²) in [6.07, 6.45) is 3.76. The molecule has 0 unspecified atom stereocenters. The third-order valence-corrected chi connectivity index (χ3v) is 3.83. The smallest absolute Gasteiger partial charge is 0.124 e. The van der Waals surface area contributed by atoms with Crippen molar-refractivity contribution >= 4 is 22.6 Å². The molecule has 1 heterocycles. The Balaban J connectivity index is 2.18. The lowest BCUT2D eigenvalue weighted by Crippen LogP contribution is -2.03. The van der Waals surface area contributed by atoms with Crippen LogP contribution < -0.4 is 0 Å². The van der Waals surface area contributed by atoms with E-state index in [1.807, 2.05) is 0 Å². The van der Waals surface area contributed by atoms with Crippen LogP contribution in [0.15, 0.2) is 18.2 Å². The molecule has 0 N–H and O–H groups in total. The molecule has 104 valence electrons. The van der Waals surface area contributed by atoms with E-state index in [9.17, 15) is 0 Å². The lowest BCUT2D eigenvalue weighted by molar-refractivity contribution is 0.509. The van der Waals surface area contributed by atoms with Gasteiger partial charge >= 0.3 is 0 Å². The molecule has 0 fully saturated rings. The van der Waals surface area contributed by atoms with E-state index in [0.717, 1.165) is 23.8 Å². The zero-order valence-electron chi connectivity index (χ0n) is 12.1. The molecule has 0 saturated heterocycles. The van der Waals surface area contributed by atoms with E-state index in [0.29, 0.717) is 5.88 Å². The highest BCUT2D eigenvalue weighted by Gasteiger charge is 2.10. The van der Waals surface area contributed by atoms with E-state index in [-0.39, 0.29) is 0 Å². The summed E-state index contributed by atoms with van der Waals surface area (Å²) < 4.78 is 2.29. The second-order valence-electron chi connectivity index (χ2n) is 5.65. The summed E-state index contributed by atoms with van der Waals surface area (Å²) in [6, 6.07) is 6.35. The molecular formula is C16H23ClN2. The van der Waals surface area contributed by atoms with Gasteiger partial charge in [-0.3, -0.25) is 0 Å². The van der Waals surface area contributed by atoms with Gasteiger partial charge in [0.15, 0.2) is 0 Å². The van der Waals surface area contributed by atoms with Gasteiger partial charge in [-0.05, 0) is 30.9 Å². The second-order valence-corrected chi connectivity index (χ2v) is 5.91. The van der Waals surface area contributed by atoms with Gasteiger partial charge in [0.25, 0.3) is 0 Å². The van der Waals surface area contributed by atoms with Crippen LogP contribution in [0.5, 0.6) is 0 Å². The van der Waals surface area contributed by atoms with Crippen molar-refractivity contribution in [1.29, 1.82) is 0 Å². The van der Waals surface area contributed by atoms with Crippen LogP contribution in [0.3, 0.4) is 0 Å². The maximum atomic E-state index is 6.04. The van der Waals surface area contributed by atoms with Gasteiger partial charge in [-0.25, -0.2) is 4.98 Å². The van der Waals surface area contributed by atoms with Crippen molar-refractivity contribution in [2.75, 3.05) is 0 Å². The molecule has 19 heavy (non-hydrogen) atoms. The third-order valence-electron chi connectivity index (χ3n) is 3.59. The van der Waals surface area contributed by atoms with Crippen molar-refractivity contribution in [3.8, 4) is 0 Å². The molecule has 3 heteroatoms. The highest BCUT2D eigenvalue weighted by Crippen LogP contribution is 2.21. The summed E-state index contributed by atoms with van der Waals surface area (Å²) in [4.78, 5) is 4.68. The molecule has 2 aromatic rings. The molecule has 0 atom stereocenters. The fourth-order valence-electron chi connectivity index (χ4n) is 2.51. The lowest BCUT2D eigenvalue weighted by atomic mass is 10.1. The first-order chi connectivity index (χ1) is 9.13. The van der Waals surface area contributed by atoms with E-state index in [4.69, 9.17) is 11.6 Å². The molecule has 0 bridgehead atoms. The number of rotatable bonds is 6. The number of unbranched alkanes of at least 4 members (excludes halogenated alkanes) is 1. The quantitative estimate of drug-likeness (QED) is 0.542. The molecule has 2 nitrogen and oxygen atoms in total. The molecule has 2 rings (SSSR count). The maximum Gasteiger partial charge on any atom is 0.124 e. The molecule has 0 saturated carbocycles. The highest BCUT2D eigenvalue weighted by atomic mass is 35.5. The molecular weight excluding hydrogens is 256 g/mol. The standard InChI is InChI=1S/C16H23ClN2/c1-12(2)7-4-5-10-19-14-9-6-8-13(3)16(14)18-15(19)11-17/h6,8-9,12H,4-5,7,10-11H2,1-3H3. The maximum absolute atomic E-state index is 6.04. The Morgan fingerprint density at radius 3 is 2.74 bits per heavy atom. The van der Waals surface area contributed by atoms with Crippen LogP contribution >= 0.6 is 11.6 Å². The molecule has 0 aliphatic carbocycles. The Kier molecular flexibility index (Phi) is 4.87. The van der Waals surface area contributed by atoms with Crippen LogP contribution in [0.2, 0.25) is 0 Å². The van der Waals surface area contributed by atoms with E-state index < -0.39 is 0 Å². The number of hydrogen-bond acceptors (Lipinski definition) is 1. The van der Waals surface area contributed by atoms with Crippen molar-refractivity contribution in [2.45, 2.75) is 52.5 Å². The Labute approximate surface area is 120 Å². The van der Waals surface area contributed by atoms with Gasteiger partial charge in [-0.1, -0.05) is 38.8 Å². The number of nitrogens with zero attached hydrogens (tertiary/aromatic N) is 2. The monoisotopic (exact) mass is 278 g/mol. The van der Waals surface area contributed by atoms with Crippen LogP contribution in [0.25, 0.3) is 11.0 Å². The van der Waals surface area contributed by atoms with Gasteiger partial charge < -0.3 is 4.57 Å². The number of aryl methyl sites for hydroxylation is 2. The van der Waals surface area contributed by atoms with Crippen LogP contribution in [0.4, 0.5) is 0 Å². The zero-order valence-corrected chi connectivity index (χ0v) is 12.9. The normalized spacial score (nSPS) is 11.6. The van der Waals surface area contributed by atoms with Crippen molar-refractivity contribution in [3.05, 3.63) is 29.6 Å². The molecule has 1 aromatic heterocycles. The van der Waals surface area contributed by atoms with E-state index in [1.54, 1.807) is 0 Å². The SMILES string of the molecule is Cc1cccc2c1nc(CCl)n2CCCCC(C)C. The van der Waals surface area contributed by atoms with Crippen LogP contribution in [0.1, 0.15) is 44.5 Å². The molecule has 0 aliphatic heterocycles. The first-order valence-electron chi connectivity index (χ1n) is 7.14. The minimum atomic E-state index is 0.484. The molecule has 0 radical (unpaired) electrons. The van der Waals surface area contributed by atoms with Gasteiger partial charge in [0, 0.05) is 6.54 Å². The van der Waals surface area contributed by atoms with Crippen LogP contribution in [-0.4, -0.2) is 9.55 Å². The summed E-state index contributed by atoms with van der Waals surface area (Å²) in [6.45, 7) is 7.69. The first kappa shape index (κ1) is 14.4. The molecule has 1 aromatic carbocycles. The third kappa shape index (κ3) is 3.30. The molecule has 0 amide bonds. The Morgan fingerprint density at radius 2 is 2.05 bits per heavy atom. The van der Waals surface area contributed by atoms with Gasteiger partial charge in [-0.2, -0.15) is 0 Å². The number of aromatic nitrogens is 2. The summed E-state index contributed by atoms with van der Waals surface area (Å²) in [5, 5.41) is 0. The Morgan fingerprint density at radius 1 is 1.26 bits per heavy atom. The molecule has 0 aliphatic rings. The van der Waals surface area contributed by atoms with Crippen molar-refractivity contribution < 1.29 is 0 Å². The minimum Gasteiger partial charge on any atom is -0.327 e. The Bertz CT molecular complexity index is 543. The number of halogens is 1. The number of alkyl halides is 1. The average molecular weight is 279 g/mol. The number of benzene rings is 1. The number of para-hydroxylation sites is 1. The Hall–Kier alpha value is -1.02. The number of imidazole rings is 1. The number of fused-ring (bicyclic) bond motifs is 1. The minimum absolute atomic E-state index is 0.484. The lowest BCUT2D eigenvalue weighted by Gasteiger charge is -2.09. The fourth-order valence-corrected chi connectivity index (χ4v) is 2.71. The summed E-state index contributed by atoms with van der Waals surface area (Å²) >= 11 is 6.04. The summed E-state index contributed by atoms with van der Waals surface area (Å²) in [5.41, 5.74) is 3.55. The van der Waals surface area contributed by atoms with Crippen molar-refractivity contribution in [3.63, 3.8) is 0 Å². The van der Waals surface area contributed by atoms with Gasteiger partial charge in [0.2, 0.25) is 0 Å². The fraction of sp³-hybridized carbons (Fsp3) is 0.562. The predicted octanol–water partition coefficient (Wildman–Crippen LogP) is 4.91. The van der Waals surface area contributed by atoms with E-state index >= 15 is 0 Å². The highest BCUT2D eigenvalue weighted by molar-refractivity contribution is 6.16. The zero-order chi connectivity index (χ0) is 13.8. The van der Waals surface area contributed by atoms with E-state index in [1.165, 1.54) is 30.3 Å². The van der Waals surface area contributed by atoms with E-state index in [2.05, 4.69) is 48.5 Å².